The number of aromatic nitrogens is 7. The van der Waals surface area contributed by atoms with E-state index in [1.807, 2.05) is 0 Å². The molecular formula is C35H25Cl6F11N9+. The Morgan fingerprint density at radius 3 is 2.07 bits per heavy atom. The van der Waals surface area contributed by atoms with Crippen molar-refractivity contribution in [3.8, 4) is 11.4 Å². The van der Waals surface area contributed by atoms with E-state index in [0.717, 1.165) is 18.5 Å². The van der Waals surface area contributed by atoms with Crippen molar-refractivity contribution in [2.75, 3.05) is 5.12 Å². The van der Waals surface area contributed by atoms with E-state index < -0.39 is 105 Å². The fourth-order valence-corrected chi connectivity index (χ4v) is 7.89. The number of alkyl halides is 11. The number of aryl methyl sites for hydroxylation is 3. The van der Waals surface area contributed by atoms with Gasteiger partial charge in [0, 0.05) is 24.4 Å². The van der Waals surface area contributed by atoms with Crippen LogP contribution in [0.4, 0.5) is 48.3 Å². The summed E-state index contributed by atoms with van der Waals surface area (Å²) in [4.78, 5) is 12.8. The van der Waals surface area contributed by atoms with Gasteiger partial charge in [-0.1, -0.05) is 98.5 Å². The van der Waals surface area contributed by atoms with Gasteiger partial charge in [-0.3, -0.25) is 4.98 Å². The van der Waals surface area contributed by atoms with E-state index in [1.54, 1.807) is 0 Å². The van der Waals surface area contributed by atoms with Crippen molar-refractivity contribution < 1.29 is 53.4 Å². The highest BCUT2D eigenvalue weighted by molar-refractivity contribution is 6.44. The highest BCUT2D eigenvalue weighted by atomic mass is 35.5. The first-order valence-electron chi connectivity index (χ1n) is 17.4. The van der Waals surface area contributed by atoms with Crippen molar-refractivity contribution in [1.82, 2.24) is 34.7 Å². The molecule has 0 aliphatic carbocycles. The molecule has 61 heavy (non-hydrogen) atoms. The van der Waals surface area contributed by atoms with Crippen LogP contribution in [0.2, 0.25) is 30.4 Å². The number of allylic oxidation sites excluding steroid dienone is 1. The standard InChI is InChI=1S/C35H24Cl6F11N9/c1-3-18-10-23(34(47,48)49)57-59(18)61-30(33(45,46)35(50,51)52)25(19-11-24(38)55-29(26(19)39)28-27(40)20(37)7-8-53-28)22(4-2)60(61)58-14-16(21(56-58)12-32(42,43)44)6-5-15-9-17(36)13-54-31(15)41/h7-11,13-14,22H,3-6,12H2,1-2H3/p+1. The molecule has 0 aromatic carbocycles. The van der Waals surface area contributed by atoms with Crippen molar-refractivity contribution >= 4 is 75.2 Å². The van der Waals surface area contributed by atoms with E-state index in [4.69, 9.17) is 69.6 Å². The van der Waals surface area contributed by atoms with E-state index in [1.165, 1.54) is 32.2 Å². The number of nitrogens with zero attached hydrogens (tertiary/aromatic N) is 8. The lowest BCUT2D eigenvalue weighted by atomic mass is 9.93. The number of rotatable bonds is 11. The topological polar surface area (TPSA) is 82.0 Å². The Morgan fingerprint density at radius 2 is 1.46 bits per heavy atom. The van der Waals surface area contributed by atoms with Crippen molar-refractivity contribution in [1.29, 1.82) is 0 Å². The Hall–Kier alpha value is -3.66. The van der Waals surface area contributed by atoms with Crippen LogP contribution in [-0.2, 0) is 31.9 Å². The zero-order valence-electron chi connectivity index (χ0n) is 30.7. The molecule has 2 unspecified atom stereocenters. The van der Waals surface area contributed by atoms with Gasteiger partial charge < -0.3 is 0 Å². The Morgan fingerprint density at radius 1 is 0.787 bits per heavy atom. The van der Waals surface area contributed by atoms with Crippen LogP contribution < -0.4 is 10.2 Å². The molecule has 6 heterocycles. The van der Waals surface area contributed by atoms with Crippen LogP contribution in [0, 0.1) is 0 Å². The summed E-state index contributed by atoms with van der Waals surface area (Å²) in [5.74, 6) is -5.97. The van der Waals surface area contributed by atoms with Gasteiger partial charge >= 0.3 is 24.5 Å². The number of quaternary nitrogens is 1. The van der Waals surface area contributed by atoms with Crippen molar-refractivity contribution in [2.45, 2.75) is 76.4 Å². The van der Waals surface area contributed by atoms with Crippen LogP contribution in [-0.4, -0.2) is 59.0 Å². The molecule has 5 aromatic heterocycles. The predicted octanol–water partition coefficient (Wildman–Crippen LogP) is 10.9. The molecule has 0 saturated heterocycles. The number of hydrogen-bond donors (Lipinski definition) is 1. The second-order valence-corrected chi connectivity index (χ2v) is 15.6. The average molecular weight is 993 g/mol. The maximum absolute atomic E-state index is 16.6. The van der Waals surface area contributed by atoms with Crippen LogP contribution >= 0.6 is 69.6 Å². The summed E-state index contributed by atoms with van der Waals surface area (Å²) in [6.07, 6.45) is -16.4. The number of pyridine rings is 3. The summed E-state index contributed by atoms with van der Waals surface area (Å²) in [5, 5.41) is 5.25. The van der Waals surface area contributed by atoms with E-state index in [2.05, 4.69) is 25.1 Å². The molecule has 1 N–H and O–H groups in total. The van der Waals surface area contributed by atoms with E-state index in [-0.39, 0.29) is 59.8 Å². The highest BCUT2D eigenvalue weighted by Crippen LogP contribution is 2.49. The molecule has 1 aliphatic rings. The molecule has 0 amide bonds. The monoisotopic (exact) mass is 990 g/mol. The van der Waals surface area contributed by atoms with Crippen LogP contribution in [0.15, 0.2) is 48.6 Å². The lowest BCUT2D eigenvalue weighted by Gasteiger charge is -2.32. The summed E-state index contributed by atoms with van der Waals surface area (Å²) >= 11 is 37.9. The molecule has 0 spiro atoms. The minimum atomic E-state index is -6.48. The van der Waals surface area contributed by atoms with Gasteiger partial charge in [-0.25, -0.2) is 9.97 Å². The van der Waals surface area contributed by atoms with Crippen LogP contribution in [0.1, 0.15) is 54.0 Å². The molecule has 9 nitrogen and oxygen atoms in total. The molecular weight excluding hydrogens is 968 g/mol. The summed E-state index contributed by atoms with van der Waals surface area (Å²) in [6, 6.07) is 2.11. The molecule has 5 aromatic rings. The average Bonchev–Trinajstić information content (AvgIpc) is 3.86. The third-order valence-electron chi connectivity index (χ3n) is 9.32. The first kappa shape index (κ1) is 46.8. The van der Waals surface area contributed by atoms with Crippen molar-refractivity contribution in [3.63, 3.8) is 0 Å². The van der Waals surface area contributed by atoms with Crippen LogP contribution in [0.3, 0.4) is 0 Å². The van der Waals surface area contributed by atoms with Crippen molar-refractivity contribution in [3.05, 3.63) is 113 Å². The lowest BCUT2D eigenvalue weighted by Crippen LogP contribution is -3.24. The fraction of sp³-hybridized carbons (Fsp3) is 0.343. The van der Waals surface area contributed by atoms with Gasteiger partial charge in [0.05, 0.1) is 49.7 Å². The van der Waals surface area contributed by atoms with Gasteiger partial charge in [-0.05, 0) is 54.7 Å². The van der Waals surface area contributed by atoms with E-state index >= 15 is 8.78 Å². The SMILES string of the molecule is CCc1cc(C(F)(F)F)nn1N1C(C(F)(F)C(F)(F)F)=C(c2cc(Cl)nc(-c3nccc(Cl)c3Cl)c2Cl)C(CC)[NH+]1n1cc(CCc2cc(Cl)cnc2Cl)c(CC(F)(F)F)n1. The van der Waals surface area contributed by atoms with Gasteiger partial charge in [-0.15, -0.1) is 15.0 Å². The summed E-state index contributed by atoms with van der Waals surface area (Å²) in [5.41, 5.74) is -7.29. The fourth-order valence-electron chi connectivity index (χ4n) is 6.68. The van der Waals surface area contributed by atoms with E-state index in [0.29, 0.717) is 10.9 Å². The molecule has 0 bridgehead atoms. The molecule has 6 rings (SSSR count). The Bertz CT molecular complexity index is 2500. The second-order valence-electron chi connectivity index (χ2n) is 13.3. The minimum Gasteiger partial charge on any atom is -0.253 e. The second kappa shape index (κ2) is 17.1. The third kappa shape index (κ3) is 9.22. The third-order valence-corrected chi connectivity index (χ3v) is 11.2. The Kier molecular flexibility index (Phi) is 13.2. The maximum Gasteiger partial charge on any atom is 0.460 e. The first-order valence-corrected chi connectivity index (χ1v) is 19.7. The van der Waals surface area contributed by atoms with Gasteiger partial charge in [-0.2, -0.15) is 48.3 Å². The smallest absolute Gasteiger partial charge is 0.253 e. The number of halogens is 17. The minimum absolute atomic E-state index is 0.0582. The zero-order chi connectivity index (χ0) is 45.1. The molecule has 1 aliphatic heterocycles. The number of nitrogens with one attached hydrogen (secondary N) is 1. The normalized spacial score (nSPS) is 16.7. The van der Waals surface area contributed by atoms with Gasteiger partial charge in [0.2, 0.25) is 0 Å². The largest absolute Gasteiger partial charge is 0.460 e. The molecule has 0 fully saturated rings. The van der Waals surface area contributed by atoms with Gasteiger partial charge in [0.1, 0.15) is 21.7 Å². The molecule has 26 heteroatoms. The van der Waals surface area contributed by atoms with Crippen LogP contribution in [0.25, 0.3) is 17.0 Å². The van der Waals surface area contributed by atoms with Gasteiger partial charge in [0.25, 0.3) is 0 Å². The predicted molar refractivity (Wildman–Crippen MR) is 204 cm³/mol. The zero-order valence-corrected chi connectivity index (χ0v) is 35.2. The van der Waals surface area contributed by atoms with E-state index in [9.17, 15) is 39.5 Å². The summed E-state index contributed by atoms with van der Waals surface area (Å²) < 4.78 is 163. The molecule has 0 radical (unpaired) electrons. The van der Waals surface area contributed by atoms with Gasteiger partial charge in [0.15, 0.2) is 17.4 Å². The lowest BCUT2D eigenvalue weighted by molar-refractivity contribution is -0.976. The molecule has 328 valence electrons. The highest BCUT2D eigenvalue weighted by Gasteiger charge is 2.69. The summed E-state index contributed by atoms with van der Waals surface area (Å²) in [7, 11) is 0. The Labute approximate surface area is 367 Å². The van der Waals surface area contributed by atoms with Crippen LogP contribution in [0.5, 0.6) is 0 Å². The maximum atomic E-state index is 16.6. The molecule has 0 saturated carbocycles. The van der Waals surface area contributed by atoms with Crippen molar-refractivity contribution in [2.24, 2.45) is 0 Å². The Balaban J connectivity index is 1.71. The number of hydrogen-bond acceptors (Lipinski definition) is 6. The quantitative estimate of drug-likeness (QED) is 0.105. The molecule has 2 atom stereocenters. The summed E-state index contributed by atoms with van der Waals surface area (Å²) in [6.45, 7) is 2.58. The first-order chi connectivity index (χ1) is 28.3.